The second-order valence-corrected chi connectivity index (χ2v) is 6.77. The number of sulfone groups is 1. The zero-order valence-corrected chi connectivity index (χ0v) is 14.1. The van der Waals surface area contributed by atoms with Gasteiger partial charge in [-0.3, -0.25) is 10.2 Å². The third kappa shape index (κ3) is 4.39. The SMILES string of the molecule is COc1ccc(N/N=C(\C(=O)C(F)(F)F)S(=O)(=O)c2ccccc2)cc1. The molecule has 0 aromatic heterocycles. The van der Waals surface area contributed by atoms with E-state index in [0.29, 0.717) is 5.75 Å². The Morgan fingerprint density at radius 3 is 2.12 bits per heavy atom. The summed E-state index contributed by atoms with van der Waals surface area (Å²) < 4.78 is 68.3. The van der Waals surface area contributed by atoms with E-state index in [1.807, 2.05) is 0 Å². The number of ether oxygens (including phenoxy) is 1. The number of alkyl halides is 3. The van der Waals surface area contributed by atoms with E-state index in [-0.39, 0.29) is 5.69 Å². The molecule has 0 heterocycles. The molecule has 0 bridgehead atoms. The largest absolute Gasteiger partial charge is 0.497 e. The number of benzene rings is 2. The second kappa shape index (κ2) is 7.56. The van der Waals surface area contributed by atoms with Crippen LogP contribution in [0.4, 0.5) is 18.9 Å². The average molecular weight is 386 g/mol. The number of ketones is 1. The molecule has 0 aliphatic carbocycles. The van der Waals surface area contributed by atoms with Gasteiger partial charge in [0.05, 0.1) is 17.7 Å². The van der Waals surface area contributed by atoms with Crippen molar-refractivity contribution in [3.63, 3.8) is 0 Å². The van der Waals surface area contributed by atoms with Crippen LogP contribution in [0.2, 0.25) is 0 Å². The zero-order valence-electron chi connectivity index (χ0n) is 13.3. The number of carbonyl (C=O) groups is 1. The van der Waals surface area contributed by atoms with Crippen molar-refractivity contribution in [1.29, 1.82) is 0 Å². The number of Topliss-reactive ketones (excluding diaryl/α,β-unsaturated/α-hetero) is 1. The second-order valence-electron chi connectivity index (χ2n) is 4.90. The summed E-state index contributed by atoms with van der Waals surface area (Å²) in [5, 5.41) is 1.59. The maximum atomic E-state index is 12.8. The van der Waals surface area contributed by atoms with Crippen molar-refractivity contribution in [2.75, 3.05) is 12.5 Å². The number of carbonyl (C=O) groups excluding carboxylic acids is 1. The van der Waals surface area contributed by atoms with Crippen LogP contribution in [0.5, 0.6) is 5.75 Å². The van der Waals surface area contributed by atoms with E-state index >= 15 is 0 Å². The van der Waals surface area contributed by atoms with Crippen molar-refractivity contribution in [3.8, 4) is 5.75 Å². The van der Waals surface area contributed by atoms with Crippen LogP contribution in [-0.4, -0.2) is 32.5 Å². The fourth-order valence-electron chi connectivity index (χ4n) is 1.85. The number of nitrogens with one attached hydrogen (secondary N) is 1. The summed E-state index contributed by atoms with van der Waals surface area (Å²) in [6, 6.07) is 12.0. The molecule has 138 valence electrons. The molecule has 10 heteroatoms. The van der Waals surface area contributed by atoms with Gasteiger partial charge < -0.3 is 4.74 Å². The monoisotopic (exact) mass is 386 g/mol. The Bertz CT molecular complexity index is 909. The topological polar surface area (TPSA) is 84.8 Å². The molecule has 0 saturated carbocycles. The highest BCUT2D eigenvalue weighted by atomic mass is 32.2. The van der Waals surface area contributed by atoms with Crippen LogP contribution in [0.3, 0.4) is 0 Å². The lowest BCUT2D eigenvalue weighted by atomic mass is 10.3. The molecule has 1 N–H and O–H groups in total. The van der Waals surface area contributed by atoms with Gasteiger partial charge in [0.15, 0.2) is 0 Å². The summed E-state index contributed by atoms with van der Waals surface area (Å²) in [5.74, 6) is -2.09. The van der Waals surface area contributed by atoms with E-state index in [9.17, 15) is 26.4 Å². The molecular weight excluding hydrogens is 373 g/mol. The summed E-state index contributed by atoms with van der Waals surface area (Å²) in [7, 11) is -3.35. The van der Waals surface area contributed by atoms with Gasteiger partial charge in [-0.05, 0) is 36.4 Å². The van der Waals surface area contributed by atoms with Gasteiger partial charge in [0.1, 0.15) is 5.75 Å². The summed E-state index contributed by atoms with van der Waals surface area (Å²) >= 11 is 0. The van der Waals surface area contributed by atoms with Crippen LogP contribution in [0, 0.1) is 0 Å². The van der Waals surface area contributed by atoms with Gasteiger partial charge in [0, 0.05) is 0 Å². The van der Waals surface area contributed by atoms with Crippen LogP contribution in [0.1, 0.15) is 0 Å². The highest BCUT2D eigenvalue weighted by molar-refractivity contribution is 8.08. The number of methoxy groups -OCH3 is 1. The number of nitrogens with zero attached hydrogens (tertiary/aromatic N) is 1. The van der Waals surface area contributed by atoms with Crippen molar-refractivity contribution in [2.24, 2.45) is 5.10 Å². The molecule has 6 nitrogen and oxygen atoms in total. The number of halogens is 3. The smallest absolute Gasteiger partial charge is 0.457 e. The van der Waals surface area contributed by atoms with E-state index < -0.39 is 31.7 Å². The van der Waals surface area contributed by atoms with Crippen LogP contribution >= 0.6 is 0 Å². The zero-order chi connectivity index (χ0) is 19.4. The van der Waals surface area contributed by atoms with Gasteiger partial charge in [-0.2, -0.15) is 18.3 Å². The van der Waals surface area contributed by atoms with Gasteiger partial charge >= 0.3 is 6.18 Å². The first-order valence-corrected chi connectivity index (χ1v) is 8.54. The van der Waals surface area contributed by atoms with Crippen molar-refractivity contribution < 1.29 is 31.1 Å². The summed E-state index contributed by atoms with van der Waals surface area (Å²) in [4.78, 5) is 11.1. The standard InChI is InChI=1S/C16H13F3N2O4S/c1-25-12-9-7-11(8-10-12)20-21-15(14(22)16(17,18)19)26(23,24)13-5-3-2-4-6-13/h2-10,20H,1H3/b21-15+. The number of rotatable bonds is 5. The summed E-state index contributed by atoms with van der Waals surface area (Å²) in [6.07, 6.45) is -5.40. The Morgan fingerprint density at radius 1 is 1.04 bits per heavy atom. The fraction of sp³-hybridized carbons (Fsp3) is 0.125. The first-order chi connectivity index (χ1) is 12.2. The molecule has 0 atom stereocenters. The van der Waals surface area contributed by atoms with E-state index in [2.05, 4.69) is 10.5 Å². The van der Waals surface area contributed by atoms with Gasteiger partial charge in [-0.1, -0.05) is 18.2 Å². The Hall–Kier alpha value is -2.88. The average Bonchev–Trinajstić information content (AvgIpc) is 2.62. The molecular formula is C16H13F3N2O4S. The Balaban J connectivity index is 2.45. The van der Waals surface area contributed by atoms with Crippen LogP contribution in [-0.2, 0) is 14.6 Å². The first kappa shape index (κ1) is 19.4. The van der Waals surface area contributed by atoms with E-state index in [4.69, 9.17) is 4.74 Å². The summed E-state index contributed by atoms with van der Waals surface area (Å²) in [5.41, 5.74) is 2.33. The maximum Gasteiger partial charge on any atom is 0.457 e. The van der Waals surface area contributed by atoms with Gasteiger partial charge in [0.25, 0.3) is 5.78 Å². The summed E-state index contributed by atoms with van der Waals surface area (Å²) in [6.45, 7) is 0. The van der Waals surface area contributed by atoms with Crippen molar-refractivity contribution in [1.82, 2.24) is 0 Å². The lowest BCUT2D eigenvalue weighted by Gasteiger charge is -2.10. The Kier molecular flexibility index (Phi) is 5.66. The molecule has 0 spiro atoms. The Morgan fingerprint density at radius 2 is 1.62 bits per heavy atom. The third-order valence-corrected chi connectivity index (χ3v) is 4.81. The number of anilines is 1. The third-order valence-electron chi connectivity index (χ3n) is 3.14. The van der Waals surface area contributed by atoms with Gasteiger partial charge in [0.2, 0.25) is 14.9 Å². The van der Waals surface area contributed by atoms with Crippen LogP contribution in [0.15, 0.2) is 64.6 Å². The van der Waals surface area contributed by atoms with Crippen molar-refractivity contribution in [2.45, 2.75) is 11.1 Å². The fourth-order valence-corrected chi connectivity index (χ4v) is 3.11. The Labute approximate surface area is 147 Å². The first-order valence-electron chi connectivity index (χ1n) is 7.05. The molecule has 0 unspecified atom stereocenters. The number of hydrazone groups is 1. The minimum Gasteiger partial charge on any atom is -0.497 e. The molecule has 26 heavy (non-hydrogen) atoms. The normalized spacial score (nSPS) is 12.5. The van der Waals surface area contributed by atoms with E-state index in [1.54, 1.807) is 0 Å². The van der Waals surface area contributed by atoms with Crippen LogP contribution in [0.25, 0.3) is 0 Å². The number of hydrogen-bond acceptors (Lipinski definition) is 6. The molecule has 0 fully saturated rings. The lowest BCUT2D eigenvalue weighted by Crippen LogP contribution is -2.36. The predicted octanol–water partition coefficient (Wildman–Crippen LogP) is 3.03. The molecule has 0 amide bonds. The van der Waals surface area contributed by atoms with Crippen LogP contribution < -0.4 is 10.2 Å². The number of hydrogen-bond donors (Lipinski definition) is 1. The van der Waals surface area contributed by atoms with Crippen molar-refractivity contribution >= 4 is 26.4 Å². The molecule has 0 radical (unpaired) electrons. The predicted molar refractivity (Wildman–Crippen MR) is 88.7 cm³/mol. The minimum atomic E-state index is -5.40. The highest BCUT2D eigenvalue weighted by Gasteiger charge is 2.47. The molecule has 0 aliphatic rings. The molecule has 0 aliphatic heterocycles. The van der Waals surface area contributed by atoms with Crippen molar-refractivity contribution in [3.05, 3.63) is 54.6 Å². The van der Waals surface area contributed by atoms with E-state index in [0.717, 1.165) is 12.1 Å². The molecule has 2 rings (SSSR count). The van der Waals surface area contributed by atoms with Gasteiger partial charge in [-0.25, -0.2) is 8.42 Å². The molecule has 0 saturated heterocycles. The van der Waals surface area contributed by atoms with Gasteiger partial charge in [-0.15, -0.1) is 0 Å². The minimum absolute atomic E-state index is 0.168. The van der Waals surface area contributed by atoms with E-state index in [1.165, 1.54) is 49.6 Å². The highest BCUT2D eigenvalue weighted by Crippen LogP contribution is 2.23. The lowest BCUT2D eigenvalue weighted by molar-refractivity contribution is -0.162. The quantitative estimate of drug-likeness (QED) is 0.485. The maximum absolute atomic E-state index is 12.8. The molecule has 2 aromatic rings. The molecule has 2 aromatic carbocycles.